The zero-order valence-corrected chi connectivity index (χ0v) is 14.2. The van der Waals surface area contributed by atoms with Crippen LogP contribution in [0.15, 0.2) is 24.3 Å². The molecule has 0 aliphatic carbocycles. The largest absolute Gasteiger partial charge is 0.497 e. The Labute approximate surface area is 140 Å². The van der Waals surface area contributed by atoms with Crippen molar-refractivity contribution in [1.82, 2.24) is 10.6 Å². The molecule has 1 aromatic carbocycles. The fraction of sp³-hybridized carbons (Fsp3) is 0.467. The molecule has 2 rings (SSSR count). The molecule has 1 saturated heterocycles. The molecule has 0 aromatic heterocycles. The summed E-state index contributed by atoms with van der Waals surface area (Å²) in [5, 5.41) is 7.85. The second kappa shape index (κ2) is 8.00. The maximum Gasteiger partial charge on any atom is 0.315 e. The van der Waals surface area contributed by atoms with Gasteiger partial charge in [-0.1, -0.05) is 0 Å². The lowest BCUT2D eigenvalue weighted by molar-refractivity contribution is -0.116. The van der Waals surface area contributed by atoms with E-state index in [0.29, 0.717) is 17.9 Å². The first-order valence-electron chi connectivity index (χ1n) is 7.56. The summed E-state index contributed by atoms with van der Waals surface area (Å²) in [7, 11) is -1.47. The second-order valence-electron chi connectivity index (χ2n) is 5.53. The number of sulfone groups is 1. The van der Waals surface area contributed by atoms with Crippen LogP contribution < -0.4 is 20.7 Å². The Morgan fingerprint density at radius 1 is 1.25 bits per heavy atom. The van der Waals surface area contributed by atoms with Gasteiger partial charge in [-0.3, -0.25) is 4.79 Å². The molecule has 1 fully saturated rings. The van der Waals surface area contributed by atoms with Gasteiger partial charge in [0.15, 0.2) is 9.84 Å². The van der Waals surface area contributed by atoms with Crippen molar-refractivity contribution in [2.45, 2.75) is 18.9 Å². The summed E-state index contributed by atoms with van der Waals surface area (Å²) in [6, 6.07) is 6.08. The summed E-state index contributed by atoms with van der Waals surface area (Å²) in [5.41, 5.74) is 0.640. The molecule has 9 heteroatoms. The highest BCUT2D eigenvalue weighted by Crippen LogP contribution is 2.15. The zero-order chi connectivity index (χ0) is 17.6. The highest BCUT2D eigenvalue weighted by Gasteiger charge is 2.28. The molecule has 1 aliphatic heterocycles. The van der Waals surface area contributed by atoms with E-state index in [-0.39, 0.29) is 36.4 Å². The van der Waals surface area contributed by atoms with E-state index >= 15 is 0 Å². The number of carbonyl (C=O) groups is 2. The van der Waals surface area contributed by atoms with E-state index in [1.54, 1.807) is 31.4 Å². The predicted molar refractivity (Wildman–Crippen MR) is 89.8 cm³/mol. The van der Waals surface area contributed by atoms with Gasteiger partial charge < -0.3 is 20.7 Å². The van der Waals surface area contributed by atoms with Gasteiger partial charge in [0.1, 0.15) is 5.75 Å². The quantitative estimate of drug-likeness (QED) is 0.688. The van der Waals surface area contributed by atoms with E-state index in [0.717, 1.165) is 0 Å². The number of benzene rings is 1. The summed E-state index contributed by atoms with van der Waals surface area (Å²) in [6.07, 6.45) is 0.538. The van der Waals surface area contributed by atoms with Gasteiger partial charge in [-0.2, -0.15) is 0 Å². The Hall–Kier alpha value is -2.29. The molecule has 1 heterocycles. The van der Waals surface area contributed by atoms with Crippen LogP contribution in [0.3, 0.4) is 0 Å². The molecule has 0 spiro atoms. The van der Waals surface area contributed by atoms with Crippen LogP contribution in [-0.2, 0) is 14.6 Å². The maximum absolute atomic E-state index is 11.8. The van der Waals surface area contributed by atoms with Crippen LogP contribution in [0.4, 0.5) is 10.5 Å². The molecule has 0 bridgehead atoms. The number of hydrogen-bond donors (Lipinski definition) is 3. The molecule has 24 heavy (non-hydrogen) atoms. The van der Waals surface area contributed by atoms with Crippen molar-refractivity contribution in [3.8, 4) is 5.75 Å². The van der Waals surface area contributed by atoms with Gasteiger partial charge in [0, 0.05) is 24.7 Å². The van der Waals surface area contributed by atoms with Crippen molar-refractivity contribution < 1.29 is 22.7 Å². The SMILES string of the molecule is COc1ccc(NC(=O)CCNC(=O)N[C@@H]2CCS(=O)(=O)C2)cc1. The Morgan fingerprint density at radius 2 is 1.96 bits per heavy atom. The number of rotatable bonds is 6. The number of hydrogen-bond acceptors (Lipinski definition) is 5. The highest BCUT2D eigenvalue weighted by molar-refractivity contribution is 7.91. The van der Waals surface area contributed by atoms with Gasteiger partial charge in [-0.15, -0.1) is 0 Å². The van der Waals surface area contributed by atoms with Crippen LogP contribution in [0.25, 0.3) is 0 Å². The molecular weight excluding hydrogens is 334 g/mol. The lowest BCUT2D eigenvalue weighted by Gasteiger charge is -2.12. The van der Waals surface area contributed by atoms with E-state index in [2.05, 4.69) is 16.0 Å². The van der Waals surface area contributed by atoms with Crippen molar-refractivity contribution in [1.29, 1.82) is 0 Å². The molecular formula is C15H21N3O5S. The molecule has 0 unspecified atom stereocenters. The van der Waals surface area contributed by atoms with Crippen LogP contribution in [-0.4, -0.2) is 51.6 Å². The third kappa shape index (κ3) is 5.73. The number of carbonyl (C=O) groups excluding carboxylic acids is 2. The van der Waals surface area contributed by atoms with E-state index in [1.807, 2.05) is 0 Å². The Kier molecular flexibility index (Phi) is 6.02. The summed E-state index contributed by atoms with van der Waals surface area (Å²) < 4.78 is 27.6. The topological polar surface area (TPSA) is 114 Å². The maximum atomic E-state index is 11.8. The van der Waals surface area contributed by atoms with Crippen molar-refractivity contribution in [3.63, 3.8) is 0 Å². The monoisotopic (exact) mass is 355 g/mol. The van der Waals surface area contributed by atoms with Gasteiger partial charge >= 0.3 is 6.03 Å². The highest BCUT2D eigenvalue weighted by atomic mass is 32.2. The lowest BCUT2D eigenvalue weighted by Crippen LogP contribution is -2.43. The van der Waals surface area contributed by atoms with Crippen molar-refractivity contribution in [3.05, 3.63) is 24.3 Å². The lowest BCUT2D eigenvalue weighted by atomic mass is 10.3. The fourth-order valence-corrected chi connectivity index (χ4v) is 4.01. The van der Waals surface area contributed by atoms with Crippen LogP contribution in [0.1, 0.15) is 12.8 Å². The van der Waals surface area contributed by atoms with Gasteiger partial charge in [-0.05, 0) is 30.7 Å². The molecule has 3 N–H and O–H groups in total. The number of methoxy groups -OCH3 is 1. The number of urea groups is 1. The van der Waals surface area contributed by atoms with E-state index < -0.39 is 15.9 Å². The Morgan fingerprint density at radius 3 is 2.54 bits per heavy atom. The Balaban J connectivity index is 1.65. The van der Waals surface area contributed by atoms with Crippen molar-refractivity contribution in [2.24, 2.45) is 0 Å². The number of nitrogens with one attached hydrogen (secondary N) is 3. The van der Waals surface area contributed by atoms with Gasteiger partial charge in [0.2, 0.25) is 5.91 Å². The summed E-state index contributed by atoms with van der Waals surface area (Å²) in [6.45, 7) is 0.160. The summed E-state index contributed by atoms with van der Waals surface area (Å²) in [4.78, 5) is 23.4. The predicted octanol–water partition coefficient (Wildman–Crippen LogP) is 0.510. The van der Waals surface area contributed by atoms with Crippen molar-refractivity contribution in [2.75, 3.05) is 30.5 Å². The number of amides is 3. The van der Waals surface area contributed by atoms with Crippen LogP contribution >= 0.6 is 0 Å². The van der Waals surface area contributed by atoms with E-state index in [9.17, 15) is 18.0 Å². The normalized spacial score (nSPS) is 18.6. The smallest absolute Gasteiger partial charge is 0.315 e. The molecule has 8 nitrogen and oxygen atoms in total. The Bertz CT molecular complexity index is 688. The standard InChI is InChI=1S/C15H21N3O5S/c1-23-13-4-2-11(3-5-13)17-14(19)6-8-16-15(20)18-12-7-9-24(21,22)10-12/h2-5,12H,6-10H2,1H3,(H,17,19)(H2,16,18,20)/t12-/m1/s1. The first-order chi connectivity index (χ1) is 11.4. The van der Waals surface area contributed by atoms with E-state index in [1.165, 1.54) is 0 Å². The molecule has 0 radical (unpaired) electrons. The third-order valence-corrected chi connectivity index (χ3v) is 5.35. The van der Waals surface area contributed by atoms with Gasteiger partial charge in [0.05, 0.1) is 18.6 Å². The first kappa shape index (κ1) is 18.1. The number of ether oxygens (including phenoxy) is 1. The third-order valence-electron chi connectivity index (χ3n) is 3.58. The average Bonchev–Trinajstić information content (AvgIpc) is 2.86. The van der Waals surface area contributed by atoms with Crippen molar-refractivity contribution >= 4 is 27.5 Å². The number of anilines is 1. The summed E-state index contributed by atoms with van der Waals surface area (Å²) >= 11 is 0. The minimum absolute atomic E-state index is 0.0294. The van der Waals surface area contributed by atoms with Crippen LogP contribution in [0.2, 0.25) is 0 Å². The molecule has 132 valence electrons. The first-order valence-corrected chi connectivity index (χ1v) is 9.39. The second-order valence-corrected chi connectivity index (χ2v) is 7.76. The summed E-state index contributed by atoms with van der Waals surface area (Å²) in [5.74, 6) is 0.532. The molecule has 1 aromatic rings. The van der Waals surface area contributed by atoms with Gasteiger partial charge in [0.25, 0.3) is 0 Å². The molecule has 3 amide bonds. The fourth-order valence-electron chi connectivity index (χ4n) is 2.33. The van der Waals surface area contributed by atoms with Gasteiger partial charge in [-0.25, -0.2) is 13.2 Å². The minimum Gasteiger partial charge on any atom is -0.497 e. The average molecular weight is 355 g/mol. The molecule has 0 saturated carbocycles. The minimum atomic E-state index is -3.03. The molecule has 1 aliphatic rings. The van der Waals surface area contributed by atoms with E-state index in [4.69, 9.17) is 4.74 Å². The van der Waals surface area contributed by atoms with Crippen LogP contribution in [0.5, 0.6) is 5.75 Å². The van der Waals surface area contributed by atoms with Crippen LogP contribution in [0, 0.1) is 0 Å². The molecule has 1 atom stereocenters. The zero-order valence-electron chi connectivity index (χ0n) is 13.4.